The van der Waals surface area contributed by atoms with Crippen LogP contribution in [-0.4, -0.2) is 56.2 Å². The maximum atomic E-state index is 8.42. The van der Waals surface area contributed by atoms with Crippen molar-refractivity contribution in [3.05, 3.63) is 0 Å². The summed E-state index contributed by atoms with van der Waals surface area (Å²) in [7, 11) is -2.92. The van der Waals surface area contributed by atoms with Crippen LogP contribution in [0.1, 0.15) is 0 Å². The average Bonchev–Trinajstić information content (AvgIpc) is 0.811. The van der Waals surface area contributed by atoms with E-state index >= 15 is 0 Å². The van der Waals surface area contributed by atoms with Gasteiger partial charge in [0.15, 0.2) is 0 Å². The van der Waals surface area contributed by atoms with E-state index in [0.717, 1.165) is 0 Å². The van der Waals surface area contributed by atoms with Crippen LogP contribution in [0.4, 0.5) is 0 Å². The summed E-state index contributed by atoms with van der Waals surface area (Å²) >= 11 is 0. The van der Waals surface area contributed by atoms with Crippen LogP contribution in [0, 0.1) is 0 Å². The Bertz CT molecular complexity index is 15.5. The zero-order valence-electron chi connectivity index (χ0n) is 3.51. The van der Waals surface area contributed by atoms with Gasteiger partial charge in [0.05, 0.1) is 0 Å². The van der Waals surface area contributed by atoms with Crippen molar-refractivity contribution in [2.45, 2.75) is 0 Å². The number of hydrogen-bond acceptors (Lipinski definition) is 3. The summed E-state index contributed by atoms with van der Waals surface area (Å²) in [5.74, 6) is 0. The van der Waals surface area contributed by atoms with Gasteiger partial charge in [0.2, 0.25) is 0 Å². The third-order valence-corrected chi connectivity index (χ3v) is 0. The summed E-state index contributed by atoms with van der Waals surface area (Å²) in [5.41, 5.74) is 0. The molecule has 6 heteroatoms. The fraction of sp³-hybridized carbons (Fsp3) is 0. The van der Waals surface area contributed by atoms with Crippen molar-refractivity contribution < 1.29 is 44.6 Å². The number of hydrogen-bond donors (Lipinski definition) is 0. The van der Waals surface area contributed by atoms with Crippen LogP contribution in [0.5, 0.6) is 0 Å². The predicted molar refractivity (Wildman–Crippen MR) is 11.5 cm³/mol. The van der Waals surface area contributed by atoms with Gasteiger partial charge >= 0.3 is 78.4 Å². The Morgan fingerprint density at radius 1 is 1.00 bits per heavy atom. The van der Waals surface area contributed by atoms with Crippen LogP contribution in [-0.2, 0) is 0 Å². The molecule has 0 aliphatic heterocycles. The van der Waals surface area contributed by atoms with Crippen LogP contribution in [0.15, 0.2) is 0 Å². The van der Waals surface area contributed by atoms with Gasteiger partial charge in [-0.2, -0.15) is 0 Å². The average molecular weight is 219 g/mol. The second-order valence-electron chi connectivity index (χ2n) is 0.289. The van der Waals surface area contributed by atoms with Crippen molar-refractivity contribution in [3.8, 4) is 0 Å². The molecule has 0 radical (unpaired) electrons. The van der Waals surface area contributed by atoms with E-state index in [4.69, 9.17) is 15.1 Å². The second kappa shape index (κ2) is 10.5. The molecule has 0 saturated heterocycles. The summed E-state index contributed by atoms with van der Waals surface area (Å²) in [6.45, 7) is 0. The van der Waals surface area contributed by atoms with Crippen molar-refractivity contribution >= 4 is 56.2 Å². The van der Waals surface area contributed by atoms with Gasteiger partial charge in [-0.25, -0.2) is 0 Å². The third-order valence-electron chi connectivity index (χ3n) is 0. The molecule has 0 aliphatic rings. The van der Waals surface area contributed by atoms with Gasteiger partial charge in [0.1, 0.15) is 0 Å². The van der Waals surface area contributed by atoms with Crippen molar-refractivity contribution in [2.24, 2.45) is 0 Å². The van der Waals surface area contributed by atoms with Crippen molar-refractivity contribution in [3.63, 3.8) is 0 Å². The molecular weight excluding hydrogens is 219 g/mol. The van der Waals surface area contributed by atoms with E-state index in [1.165, 1.54) is 0 Å². The summed E-state index contributed by atoms with van der Waals surface area (Å²) < 4.78 is 0. The molecular formula is BBaNaO3. The molecule has 0 atom stereocenters. The zero-order chi connectivity index (χ0) is 3.58. The third kappa shape index (κ3) is 31.3. The van der Waals surface area contributed by atoms with Crippen molar-refractivity contribution in [2.75, 3.05) is 0 Å². The molecule has 0 N–H and O–H groups in total. The monoisotopic (exact) mass is 220 g/mol. The molecule has 0 aliphatic carbocycles. The molecule has 0 aromatic carbocycles. The molecule has 0 bridgehead atoms. The van der Waals surface area contributed by atoms with E-state index in [9.17, 15) is 0 Å². The second-order valence-corrected chi connectivity index (χ2v) is 0.289. The molecule has 0 aromatic rings. The summed E-state index contributed by atoms with van der Waals surface area (Å²) in [4.78, 5) is 0. The first-order chi connectivity index (χ1) is 1.73. The fourth-order valence-corrected chi connectivity index (χ4v) is 0. The molecule has 0 aromatic heterocycles. The maximum absolute atomic E-state index is 8.42. The topological polar surface area (TPSA) is 69.2 Å². The molecule has 0 fully saturated rings. The molecule has 0 heterocycles. The zero-order valence-corrected chi connectivity index (χ0v) is 9.95. The van der Waals surface area contributed by atoms with Gasteiger partial charge < -0.3 is 15.1 Å². The SMILES string of the molecule is [Ba+2].[Na+].[O-]B([O-])[O-]. The Hall–Kier alpha value is 2.52. The predicted octanol–water partition coefficient (Wildman–Crippen LogP) is -7.32. The minimum absolute atomic E-state index is 0. The minimum Gasteiger partial charge on any atom is -0.907 e. The van der Waals surface area contributed by atoms with Crippen LogP contribution in [0.3, 0.4) is 0 Å². The molecule has 0 amide bonds. The minimum atomic E-state index is -2.92. The molecule has 0 unspecified atom stereocenters. The van der Waals surface area contributed by atoms with Crippen LogP contribution < -0.4 is 44.6 Å². The molecule has 3 nitrogen and oxygen atoms in total. The Balaban J connectivity index is -0.0000000450. The first kappa shape index (κ1) is 15.8. The number of rotatable bonds is 0. The normalized spacial score (nSPS) is 4.50. The molecule has 6 heavy (non-hydrogen) atoms. The van der Waals surface area contributed by atoms with E-state index in [0.29, 0.717) is 0 Å². The largest absolute Gasteiger partial charge is 2.00 e. The van der Waals surface area contributed by atoms with Crippen molar-refractivity contribution in [1.29, 1.82) is 0 Å². The molecule has 24 valence electrons. The Morgan fingerprint density at radius 2 is 1.00 bits per heavy atom. The standard InChI is InChI=1S/BO3.Ba.Na/c2-1(3)4;;/q-3;+2;+1. The van der Waals surface area contributed by atoms with Gasteiger partial charge in [0.25, 0.3) is 0 Å². The van der Waals surface area contributed by atoms with E-state index in [-0.39, 0.29) is 78.4 Å². The molecule has 0 rings (SSSR count). The van der Waals surface area contributed by atoms with Gasteiger partial charge in [0, 0.05) is 0 Å². The van der Waals surface area contributed by atoms with Gasteiger partial charge in [-0.1, -0.05) is 0 Å². The maximum Gasteiger partial charge on any atom is 2.00 e. The van der Waals surface area contributed by atoms with Gasteiger partial charge in [-0.15, -0.1) is 0 Å². The summed E-state index contributed by atoms with van der Waals surface area (Å²) in [6.07, 6.45) is 0. The first-order valence-corrected chi connectivity index (χ1v) is 0.707. The van der Waals surface area contributed by atoms with Crippen molar-refractivity contribution in [1.82, 2.24) is 0 Å². The van der Waals surface area contributed by atoms with E-state index in [2.05, 4.69) is 0 Å². The Morgan fingerprint density at radius 3 is 1.00 bits per heavy atom. The quantitative estimate of drug-likeness (QED) is 0.380. The fourth-order valence-electron chi connectivity index (χ4n) is 0. The Labute approximate surface area is 98.7 Å². The molecule has 0 saturated carbocycles. The summed E-state index contributed by atoms with van der Waals surface area (Å²) in [5, 5.41) is 25.2. The Kier molecular flexibility index (Phi) is 27.6. The van der Waals surface area contributed by atoms with Gasteiger partial charge in [-0.3, -0.25) is 7.32 Å². The van der Waals surface area contributed by atoms with Crippen LogP contribution >= 0.6 is 0 Å². The van der Waals surface area contributed by atoms with Gasteiger partial charge in [-0.05, 0) is 0 Å². The molecule has 0 spiro atoms. The van der Waals surface area contributed by atoms with Crippen LogP contribution in [0.2, 0.25) is 0 Å². The summed E-state index contributed by atoms with van der Waals surface area (Å²) in [6, 6.07) is 0. The first-order valence-electron chi connectivity index (χ1n) is 0.707. The van der Waals surface area contributed by atoms with E-state index in [1.54, 1.807) is 0 Å². The van der Waals surface area contributed by atoms with Crippen LogP contribution in [0.25, 0.3) is 0 Å². The van der Waals surface area contributed by atoms with E-state index < -0.39 is 7.32 Å². The smallest absolute Gasteiger partial charge is 0.907 e. The van der Waals surface area contributed by atoms with E-state index in [1.807, 2.05) is 0 Å².